The first-order valence-corrected chi connectivity index (χ1v) is 7.56. The van der Waals surface area contributed by atoms with Crippen molar-refractivity contribution in [2.75, 3.05) is 18.0 Å². The van der Waals surface area contributed by atoms with Crippen LogP contribution < -0.4 is 4.90 Å². The van der Waals surface area contributed by atoms with Gasteiger partial charge in [-0.3, -0.25) is 0 Å². The van der Waals surface area contributed by atoms with Crippen molar-refractivity contribution in [3.05, 3.63) is 23.4 Å². The van der Waals surface area contributed by atoms with Crippen LogP contribution in [0.2, 0.25) is 0 Å². The van der Waals surface area contributed by atoms with Crippen molar-refractivity contribution in [1.82, 2.24) is 4.98 Å². The summed E-state index contributed by atoms with van der Waals surface area (Å²) in [6, 6.07) is 2.18. The van der Waals surface area contributed by atoms with Crippen LogP contribution >= 0.6 is 11.6 Å². The second-order valence-electron chi connectivity index (χ2n) is 5.92. The molecule has 0 amide bonds. The number of hydrogen-bond donors (Lipinski definition) is 0. The molecule has 2 aliphatic rings. The first-order chi connectivity index (χ1) is 8.76. The van der Waals surface area contributed by atoms with Gasteiger partial charge in [0.1, 0.15) is 5.82 Å². The number of alkyl halides is 1. The Labute approximate surface area is 114 Å². The Morgan fingerprint density at radius 2 is 2.06 bits per heavy atom. The minimum atomic E-state index is 0.555. The Bertz CT molecular complexity index is 421. The molecular weight excluding hydrogens is 244 g/mol. The van der Waals surface area contributed by atoms with Gasteiger partial charge in [-0.1, -0.05) is 6.42 Å². The highest BCUT2D eigenvalue weighted by molar-refractivity contribution is 6.17. The van der Waals surface area contributed by atoms with Crippen molar-refractivity contribution in [3.63, 3.8) is 0 Å². The third-order valence-corrected chi connectivity index (χ3v) is 4.72. The van der Waals surface area contributed by atoms with E-state index < -0.39 is 0 Å². The molecular formula is C15H21ClN2. The zero-order valence-electron chi connectivity index (χ0n) is 11.0. The fourth-order valence-corrected chi connectivity index (χ4v) is 3.78. The van der Waals surface area contributed by atoms with Crippen LogP contribution in [0.4, 0.5) is 5.82 Å². The summed E-state index contributed by atoms with van der Waals surface area (Å²) < 4.78 is 0. The molecule has 0 radical (unpaired) electrons. The van der Waals surface area contributed by atoms with E-state index in [4.69, 9.17) is 11.6 Å². The molecule has 1 saturated heterocycles. The van der Waals surface area contributed by atoms with Gasteiger partial charge in [0.15, 0.2) is 0 Å². The standard InChI is InChI=1S/C15H21ClN2/c1-11-5-14(7-16)8-17-15(11)18-9-12-3-2-4-13(6-12)10-18/h5,8,12-13H,2-4,6-7,9-10H2,1H3. The lowest BCUT2D eigenvalue weighted by Gasteiger charge is -2.42. The van der Waals surface area contributed by atoms with Crippen LogP contribution in [0.1, 0.15) is 36.8 Å². The molecule has 2 atom stereocenters. The Morgan fingerprint density at radius 1 is 1.33 bits per heavy atom. The second kappa shape index (κ2) is 5.08. The molecule has 98 valence electrons. The maximum atomic E-state index is 5.86. The van der Waals surface area contributed by atoms with Gasteiger partial charge in [-0.25, -0.2) is 4.98 Å². The maximum absolute atomic E-state index is 5.86. The summed E-state index contributed by atoms with van der Waals surface area (Å²) in [4.78, 5) is 7.15. The lowest BCUT2D eigenvalue weighted by molar-refractivity contribution is 0.230. The van der Waals surface area contributed by atoms with E-state index in [2.05, 4.69) is 22.9 Å². The highest BCUT2D eigenvalue weighted by atomic mass is 35.5. The number of rotatable bonds is 2. The van der Waals surface area contributed by atoms with E-state index >= 15 is 0 Å². The van der Waals surface area contributed by atoms with Crippen LogP contribution in [0.25, 0.3) is 0 Å². The molecule has 3 rings (SSSR count). The quantitative estimate of drug-likeness (QED) is 0.757. The minimum Gasteiger partial charge on any atom is -0.356 e. The number of halogens is 1. The highest BCUT2D eigenvalue weighted by Gasteiger charge is 2.31. The van der Waals surface area contributed by atoms with Gasteiger partial charge in [0, 0.05) is 25.2 Å². The van der Waals surface area contributed by atoms with Crippen LogP contribution in [0.3, 0.4) is 0 Å². The van der Waals surface area contributed by atoms with Crippen LogP contribution in [0.15, 0.2) is 12.3 Å². The van der Waals surface area contributed by atoms with Gasteiger partial charge in [-0.05, 0) is 55.2 Å². The number of aryl methyl sites for hydroxylation is 1. The maximum Gasteiger partial charge on any atom is 0.131 e. The summed E-state index contributed by atoms with van der Waals surface area (Å²) in [6.45, 7) is 4.55. The average Bonchev–Trinajstić information content (AvgIpc) is 2.38. The molecule has 0 aromatic carbocycles. The average molecular weight is 265 g/mol. The summed E-state index contributed by atoms with van der Waals surface area (Å²) in [7, 11) is 0. The van der Waals surface area contributed by atoms with Crippen LogP contribution in [-0.4, -0.2) is 18.1 Å². The third-order valence-electron chi connectivity index (χ3n) is 4.41. The molecule has 2 fully saturated rings. The van der Waals surface area contributed by atoms with Gasteiger partial charge < -0.3 is 4.90 Å². The predicted octanol–water partition coefficient (Wildman–Crippen LogP) is 3.76. The van der Waals surface area contributed by atoms with Gasteiger partial charge in [0.05, 0.1) is 0 Å². The molecule has 18 heavy (non-hydrogen) atoms. The van der Waals surface area contributed by atoms with Gasteiger partial charge in [0.25, 0.3) is 0 Å². The second-order valence-corrected chi connectivity index (χ2v) is 6.19. The number of piperidine rings is 1. The zero-order valence-corrected chi connectivity index (χ0v) is 11.8. The molecule has 2 unspecified atom stereocenters. The van der Waals surface area contributed by atoms with Crippen LogP contribution in [-0.2, 0) is 5.88 Å². The first-order valence-electron chi connectivity index (χ1n) is 7.02. The van der Waals surface area contributed by atoms with Crippen LogP contribution in [0.5, 0.6) is 0 Å². The number of aromatic nitrogens is 1. The molecule has 1 saturated carbocycles. The van der Waals surface area contributed by atoms with Crippen molar-refractivity contribution in [2.45, 2.75) is 38.5 Å². The van der Waals surface area contributed by atoms with E-state index in [0.717, 1.165) is 17.4 Å². The van der Waals surface area contributed by atoms with E-state index in [0.29, 0.717) is 5.88 Å². The minimum absolute atomic E-state index is 0.555. The van der Waals surface area contributed by atoms with Crippen LogP contribution in [0, 0.1) is 18.8 Å². The molecule has 2 heterocycles. The SMILES string of the molecule is Cc1cc(CCl)cnc1N1CC2CCCC(C2)C1. The van der Waals surface area contributed by atoms with Gasteiger partial charge in [0.2, 0.25) is 0 Å². The number of nitrogens with zero attached hydrogens (tertiary/aromatic N) is 2. The summed E-state index contributed by atoms with van der Waals surface area (Å²) in [5.74, 6) is 3.53. The molecule has 2 nitrogen and oxygen atoms in total. The lowest BCUT2D eigenvalue weighted by atomic mass is 9.78. The van der Waals surface area contributed by atoms with E-state index in [1.165, 1.54) is 50.2 Å². The van der Waals surface area contributed by atoms with E-state index in [1.54, 1.807) is 0 Å². The number of anilines is 1. The zero-order chi connectivity index (χ0) is 12.5. The predicted molar refractivity (Wildman–Crippen MR) is 76.2 cm³/mol. The monoisotopic (exact) mass is 264 g/mol. The summed E-state index contributed by atoms with van der Waals surface area (Å²) in [6.07, 6.45) is 7.62. The van der Waals surface area contributed by atoms with Gasteiger partial charge in [-0.2, -0.15) is 0 Å². The number of hydrogen-bond acceptors (Lipinski definition) is 2. The molecule has 1 aliphatic carbocycles. The molecule has 1 aromatic rings. The summed E-state index contributed by atoms with van der Waals surface area (Å²) >= 11 is 5.86. The first kappa shape index (κ1) is 12.3. The van der Waals surface area contributed by atoms with E-state index in [-0.39, 0.29) is 0 Å². The molecule has 2 bridgehead atoms. The van der Waals surface area contributed by atoms with Crippen molar-refractivity contribution in [1.29, 1.82) is 0 Å². The van der Waals surface area contributed by atoms with Crippen molar-refractivity contribution in [2.24, 2.45) is 11.8 Å². The molecule has 0 N–H and O–H groups in total. The van der Waals surface area contributed by atoms with Gasteiger partial charge >= 0.3 is 0 Å². The molecule has 0 spiro atoms. The number of fused-ring (bicyclic) bond motifs is 2. The number of pyridine rings is 1. The van der Waals surface area contributed by atoms with Crippen molar-refractivity contribution >= 4 is 17.4 Å². The third kappa shape index (κ3) is 2.35. The van der Waals surface area contributed by atoms with E-state index in [1.807, 2.05) is 6.20 Å². The molecule has 1 aromatic heterocycles. The Balaban J connectivity index is 1.82. The van der Waals surface area contributed by atoms with E-state index in [9.17, 15) is 0 Å². The lowest BCUT2D eigenvalue weighted by Crippen LogP contribution is -2.43. The Hall–Kier alpha value is -0.760. The largest absolute Gasteiger partial charge is 0.356 e. The van der Waals surface area contributed by atoms with Crippen molar-refractivity contribution in [3.8, 4) is 0 Å². The fourth-order valence-electron chi connectivity index (χ4n) is 3.63. The smallest absolute Gasteiger partial charge is 0.131 e. The Kier molecular flexibility index (Phi) is 3.47. The molecule has 3 heteroatoms. The Morgan fingerprint density at radius 3 is 2.67 bits per heavy atom. The fraction of sp³-hybridized carbons (Fsp3) is 0.667. The van der Waals surface area contributed by atoms with Crippen molar-refractivity contribution < 1.29 is 0 Å². The normalized spacial score (nSPS) is 27.3. The van der Waals surface area contributed by atoms with Gasteiger partial charge in [-0.15, -0.1) is 11.6 Å². The summed E-state index contributed by atoms with van der Waals surface area (Å²) in [5, 5.41) is 0. The topological polar surface area (TPSA) is 16.1 Å². The molecule has 1 aliphatic heterocycles. The summed E-state index contributed by atoms with van der Waals surface area (Å²) in [5.41, 5.74) is 2.39. The highest BCUT2D eigenvalue weighted by Crippen LogP contribution is 2.36.